The number of nitrogens with zero attached hydrogens (tertiary/aromatic N) is 2. The van der Waals surface area contributed by atoms with Crippen molar-refractivity contribution in [3.05, 3.63) is 48.2 Å². The molecule has 1 amide bonds. The van der Waals surface area contributed by atoms with Gasteiger partial charge >= 0.3 is 0 Å². The predicted molar refractivity (Wildman–Crippen MR) is 125 cm³/mol. The van der Waals surface area contributed by atoms with E-state index in [0.29, 0.717) is 18.1 Å². The maximum atomic E-state index is 13.3. The van der Waals surface area contributed by atoms with Crippen LogP contribution in [0.1, 0.15) is 75.2 Å². The van der Waals surface area contributed by atoms with Gasteiger partial charge in [-0.2, -0.15) is 0 Å². The second-order valence-corrected chi connectivity index (χ2v) is 9.86. The lowest BCUT2D eigenvalue weighted by atomic mass is 9.92. The summed E-state index contributed by atoms with van der Waals surface area (Å²) in [6.07, 6.45) is 11.0. The first-order valence-corrected chi connectivity index (χ1v) is 11.5. The Kier molecular flexibility index (Phi) is 6.40. The molecule has 3 aromatic rings. The van der Waals surface area contributed by atoms with Crippen molar-refractivity contribution in [2.24, 2.45) is 0 Å². The van der Waals surface area contributed by atoms with Crippen LogP contribution in [-0.2, 0) is 4.74 Å². The van der Waals surface area contributed by atoms with Gasteiger partial charge in [-0.3, -0.25) is 4.79 Å². The van der Waals surface area contributed by atoms with Crippen molar-refractivity contribution in [3.8, 4) is 5.69 Å². The van der Waals surface area contributed by atoms with E-state index in [1.54, 1.807) is 26.4 Å². The first-order valence-electron chi connectivity index (χ1n) is 11.5. The van der Waals surface area contributed by atoms with E-state index in [2.05, 4.69) is 35.2 Å². The number of rotatable bonds is 7. The number of aromatic nitrogens is 3. The summed E-state index contributed by atoms with van der Waals surface area (Å²) in [5, 5.41) is 14.2. The van der Waals surface area contributed by atoms with Gasteiger partial charge in [-0.15, -0.1) is 0 Å². The molecule has 172 valence electrons. The Morgan fingerprint density at radius 1 is 1.31 bits per heavy atom. The molecule has 1 fully saturated rings. The fourth-order valence-corrected chi connectivity index (χ4v) is 4.41. The van der Waals surface area contributed by atoms with Gasteiger partial charge in [-0.05, 0) is 63.1 Å². The summed E-state index contributed by atoms with van der Waals surface area (Å²) >= 11 is 0. The molecule has 1 aliphatic rings. The standard InChI is InChI=1S/C25H34N4O3/c1-16(2)22-13-27-23-20(22)11-18(29-10-9-26-15-29)12-21(23)24(30)28-17-5-7-19(8-6-17)32-14-25(3,4)31/h9-13,15-17,19,27,31H,5-8,14H2,1-4H3,(H,28,30). The Labute approximate surface area is 189 Å². The van der Waals surface area contributed by atoms with Gasteiger partial charge in [0.1, 0.15) is 0 Å². The van der Waals surface area contributed by atoms with Gasteiger partial charge in [0, 0.05) is 35.7 Å². The van der Waals surface area contributed by atoms with Crippen LogP contribution in [0.3, 0.4) is 0 Å². The number of hydrogen-bond donors (Lipinski definition) is 3. The molecule has 0 aliphatic heterocycles. The van der Waals surface area contributed by atoms with Crippen LogP contribution in [0.25, 0.3) is 16.6 Å². The van der Waals surface area contributed by atoms with Gasteiger partial charge in [-0.25, -0.2) is 4.98 Å². The highest BCUT2D eigenvalue weighted by molar-refractivity contribution is 6.07. The Bertz CT molecular complexity index is 1050. The summed E-state index contributed by atoms with van der Waals surface area (Å²) in [7, 11) is 0. The molecule has 2 heterocycles. The third-order valence-corrected chi connectivity index (χ3v) is 6.16. The van der Waals surface area contributed by atoms with Crippen LogP contribution in [0.15, 0.2) is 37.1 Å². The van der Waals surface area contributed by atoms with Crippen molar-refractivity contribution >= 4 is 16.8 Å². The minimum atomic E-state index is -0.818. The largest absolute Gasteiger partial charge is 0.388 e. The molecular weight excluding hydrogens is 404 g/mol. The van der Waals surface area contributed by atoms with Gasteiger partial charge in [0.25, 0.3) is 5.91 Å². The number of hydrogen-bond acceptors (Lipinski definition) is 4. The highest BCUT2D eigenvalue weighted by Gasteiger charge is 2.26. The number of H-pyrrole nitrogens is 1. The molecule has 1 aliphatic carbocycles. The number of carbonyl (C=O) groups is 1. The number of benzene rings is 1. The van der Waals surface area contributed by atoms with Gasteiger partial charge in [0.2, 0.25) is 0 Å². The fraction of sp³-hybridized carbons (Fsp3) is 0.520. The molecule has 1 aromatic carbocycles. The molecule has 7 heteroatoms. The maximum absolute atomic E-state index is 13.3. The molecule has 0 spiro atoms. The second-order valence-electron chi connectivity index (χ2n) is 9.86. The topological polar surface area (TPSA) is 92.2 Å². The molecule has 4 rings (SSSR count). The number of carbonyl (C=O) groups excluding carboxylic acids is 1. The minimum Gasteiger partial charge on any atom is -0.388 e. The van der Waals surface area contributed by atoms with Gasteiger partial charge in [-0.1, -0.05) is 13.8 Å². The Balaban J connectivity index is 1.51. The fourth-order valence-electron chi connectivity index (χ4n) is 4.41. The van der Waals surface area contributed by atoms with E-state index in [0.717, 1.165) is 42.3 Å². The van der Waals surface area contributed by atoms with E-state index < -0.39 is 5.60 Å². The van der Waals surface area contributed by atoms with Crippen LogP contribution in [0.4, 0.5) is 0 Å². The Hall–Kier alpha value is -2.64. The number of fused-ring (bicyclic) bond motifs is 1. The molecule has 3 N–H and O–H groups in total. The first kappa shape index (κ1) is 22.6. The van der Waals surface area contributed by atoms with Crippen LogP contribution in [0.5, 0.6) is 0 Å². The van der Waals surface area contributed by atoms with E-state index in [4.69, 9.17) is 4.74 Å². The molecule has 2 aromatic heterocycles. The predicted octanol–water partition coefficient (Wildman–Crippen LogP) is 4.31. The van der Waals surface area contributed by atoms with Crippen LogP contribution < -0.4 is 5.32 Å². The highest BCUT2D eigenvalue weighted by Crippen LogP contribution is 2.30. The smallest absolute Gasteiger partial charge is 0.253 e. The van der Waals surface area contributed by atoms with E-state index in [1.807, 2.05) is 23.0 Å². The molecule has 0 saturated heterocycles. The molecule has 32 heavy (non-hydrogen) atoms. The number of imidazole rings is 1. The monoisotopic (exact) mass is 438 g/mol. The first-order chi connectivity index (χ1) is 15.2. The van der Waals surface area contributed by atoms with Crippen molar-refractivity contribution in [1.82, 2.24) is 19.9 Å². The van der Waals surface area contributed by atoms with E-state index in [-0.39, 0.29) is 18.1 Å². The van der Waals surface area contributed by atoms with Crippen LogP contribution in [0, 0.1) is 0 Å². The van der Waals surface area contributed by atoms with Crippen LogP contribution in [-0.4, -0.2) is 49.9 Å². The van der Waals surface area contributed by atoms with Crippen molar-refractivity contribution in [1.29, 1.82) is 0 Å². The zero-order valence-corrected chi connectivity index (χ0v) is 19.4. The summed E-state index contributed by atoms with van der Waals surface area (Å²) in [6, 6.07) is 4.17. The third-order valence-electron chi connectivity index (χ3n) is 6.16. The maximum Gasteiger partial charge on any atom is 0.253 e. The number of amides is 1. The lowest BCUT2D eigenvalue weighted by Crippen LogP contribution is -2.40. The molecular formula is C25H34N4O3. The van der Waals surface area contributed by atoms with E-state index in [9.17, 15) is 9.90 Å². The zero-order valence-electron chi connectivity index (χ0n) is 19.4. The zero-order chi connectivity index (χ0) is 22.9. The molecule has 0 radical (unpaired) electrons. The van der Waals surface area contributed by atoms with Gasteiger partial charge < -0.3 is 24.7 Å². The third kappa shape index (κ3) is 5.05. The number of aromatic amines is 1. The lowest BCUT2D eigenvalue weighted by Gasteiger charge is -2.31. The molecule has 1 saturated carbocycles. The minimum absolute atomic E-state index is 0.0602. The second kappa shape index (κ2) is 9.08. The normalized spacial score (nSPS) is 19.6. The van der Waals surface area contributed by atoms with Gasteiger partial charge in [0.05, 0.1) is 35.7 Å². The van der Waals surface area contributed by atoms with E-state index in [1.165, 1.54) is 5.56 Å². The summed E-state index contributed by atoms with van der Waals surface area (Å²) in [5.74, 6) is 0.284. The summed E-state index contributed by atoms with van der Waals surface area (Å²) in [5.41, 5.74) is 2.82. The van der Waals surface area contributed by atoms with Crippen LogP contribution in [0.2, 0.25) is 0 Å². The molecule has 0 bridgehead atoms. The van der Waals surface area contributed by atoms with Gasteiger partial charge in [0.15, 0.2) is 0 Å². The van der Waals surface area contributed by atoms with Crippen molar-refractivity contribution in [2.75, 3.05) is 6.61 Å². The average molecular weight is 439 g/mol. The molecule has 0 atom stereocenters. The van der Waals surface area contributed by atoms with Crippen LogP contribution >= 0.6 is 0 Å². The van der Waals surface area contributed by atoms with Crippen molar-refractivity contribution in [2.45, 2.75) is 77.0 Å². The number of ether oxygens (including phenoxy) is 1. The molecule has 7 nitrogen and oxygen atoms in total. The van der Waals surface area contributed by atoms with Crippen molar-refractivity contribution in [3.63, 3.8) is 0 Å². The summed E-state index contributed by atoms with van der Waals surface area (Å²) < 4.78 is 7.78. The number of aliphatic hydroxyl groups is 1. The summed E-state index contributed by atoms with van der Waals surface area (Å²) in [6.45, 7) is 8.15. The SMILES string of the molecule is CC(C)c1c[nH]c2c(C(=O)NC3CCC(OCC(C)(C)O)CC3)cc(-n3ccnc3)cc12. The Morgan fingerprint density at radius 3 is 2.69 bits per heavy atom. The lowest BCUT2D eigenvalue weighted by molar-refractivity contribution is -0.0640. The molecule has 0 unspecified atom stereocenters. The number of nitrogens with one attached hydrogen (secondary N) is 2. The van der Waals surface area contributed by atoms with Crippen molar-refractivity contribution < 1.29 is 14.6 Å². The average Bonchev–Trinajstić information content (AvgIpc) is 3.42. The Morgan fingerprint density at radius 2 is 2.06 bits per heavy atom. The summed E-state index contributed by atoms with van der Waals surface area (Å²) in [4.78, 5) is 20.8. The highest BCUT2D eigenvalue weighted by atomic mass is 16.5. The van der Waals surface area contributed by atoms with E-state index >= 15 is 0 Å². The quantitative estimate of drug-likeness (QED) is 0.513.